The van der Waals surface area contributed by atoms with Crippen LogP contribution in [-0.4, -0.2) is 29.7 Å². The fourth-order valence-corrected chi connectivity index (χ4v) is 3.07. The molecule has 1 aromatic heterocycles. The van der Waals surface area contributed by atoms with Crippen LogP contribution < -0.4 is 10.6 Å². The molecule has 0 atom stereocenters. The molecule has 2 N–H and O–H groups in total. The van der Waals surface area contributed by atoms with Gasteiger partial charge in [0.15, 0.2) is 5.82 Å². The highest BCUT2D eigenvalue weighted by Crippen LogP contribution is 2.30. The molecular weight excluding hydrogens is 264 g/mol. The molecule has 5 nitrogen and oxygen atoms in total. The van der Waals surface area contributed by atoms with Gasteiger partial charge in [-0.05, 0) is 38.5 Å². The summed E-state index contributed by atoms with van der Waals surface area (Å²) in [4.78, 5) is 11.1. The second-order valence-electron chi connectivity index (χ2n) is 5.90. The van der Waals surface area contributed by atoms with E-state index in [1.807, 2.05) is 13.0 Å². The molecule has 1 aliphatic rings. The van der Waals surface area contributed by atoms with Gasteiger partial charge < -0.3 is 15.4 Å². The summed E-state index contributed by atoms with van der Waals surface area (Å²) in [6, 6.07) is 2.42. The predicted molar refractivity (Wildman–Crippen MR) is 86.2 cm³/mol. The van der Waals surface area contributed by atoms with Crippen LogP contribution in [0.25, 0.3) is 0 Å². The maximum absolute atomic E-state index is 5.91. The largest absolute Gasteiger partial charge is 0.384 e. The molecule has 21 heavy (non-hydrogen) atoms. The molecular formula is C16H28N4O. The lowest BCUT2D eigenvalue weighted by Crippen LogP contribution is -2.36. The van der Waals surface area contributed by atoms with Gasteiger partial charge in [-0.15, -0.1) is 0 Å². The highest BCUT2D eigenvalue weighted by atomic mass is 16.5. The molecule has 1 heterocycles. The molecule has 0 radical (unpaired) electrons. The van der Waals surface area contributed by atoms with E-state index in [2.05, 4.69) is 28.8 Å². The molecule has 1 aromatic rings. The van der Waals surface area contributed by atoms with Crippen LogP contribution in [-0.2, 0) is 11.3 Å². The summed E-state index contributed by atoms with van der Waals surface area (Å²) in [6.45, 7) is 5.33. The van der Waals surface area contributed by atoms with Crippen LogP contribution >= 0.6 is 0 Å². The van der Waals surface area contributed by atoms with Crippen LogP contribution in [0.1, 0.15) is 51.8 Å². The van der Waals surface area contributed by atoms with Crippen LogP contribution in [0.3, 0.4) is 0 Å². The number of hydrogen-bond acceptors (Lipinski definition) is 5. The van der Waals surface area contributed by atoms with Crippen molar-refractivity contribution in [3.8, 4) is 0 Å². The van der Waals surface area contributed by atoms with E-state index in [0.717, 1.165) is 11.7 Å². The maximum atomic E-state index is 5.91. The van der Waals surface area contributed by atoms with Gasteiger partial charge in [0.2, 0.25) is 0 Å². The number of rotatable bonds is 6. The third kappa shape index (κ3) is 4.30. The van der Waals surface area contributed by atoms with E-state index in [1.54, 1.807) is 0 Å². The van der Waals surface area contributed by atoms with Crippen molar-refractivity contribution >= 4 is 11.6 Å². The lowest BCUT2D eigenvalue weighted by molar-refractivity contribution is 0.128. The Bertz CT molecular complexity index is 444. The van der Waals surface area contributed by atoms with Gasteiger partial charge in [-0.3, -0.25) is 0 Å². The van der Waals surface area contributed by atoms with Crippen molar-refractivity contribution in [3.63, 3.8) is 0 Å². The second-order valence-corrected chi connectivity index (χ2v) is 5.90. The average molecular weight is 292 g/mol. The lowest BCUT2D eigenvalue weighted by atomic mass is 9.84. The summed E-state index contributed by atoms with van der Waals surface area (Å²) < 4.78 is 5.38. The zero-order valence-electron chi connectivity index (χ0n) is 13.5. The molecule has 2 rings (SSSR count). The molecule has 0 unspecified atom stereocenters. The quantitative estimate of drug-likeness (QED) is 0.873. The number of ether oxygens (including phenoxy) is 1. The fraction of sp³-hybridized carbons (Fsp3) is 0.750. The summed E-state index contributed by atoms with van der Waals surface area (Å²) in [6.07, 6.45) is 6.41. The van der Waals surface area contributed by atoms with E-state index in [4.69, 9.17) is 10.5 Å². The molecule has 0 aliphatic heterocycles. The van der Waals surface area contributed by atoms with Crippen molar-refractivity contribution in [2.24, 2.45) is 5.92 Å². The number of nitrogens with two attached hydrogens (primary N) is 1. The lowest BCUT2D eigenvalue weighted by Gasteiger charge is -2.35. The molecule has 0 spiro atoms. The summed E-state index contributed by atoms with van der Waals surface area (Å²) in [7, 11) is 2.11. The predicted octanol–water partition coefficient (Wildman–Crippen LogP) is 3.00. The van der Waals surface area contributed by atoms with Gasteiger partial charge in [-0.25, -0.2) is 9.97 Å². The highest BCUT2D eigenvalue weighted by molar-refractivity contribution is 5.47. The van der Waals surface area contributed by atoms with E-state index < -0.39 is 0 Å². The van der Waals surface area contributed by atoms with Crippen molar-refractivity contribution in [2.45, 2.75) is 58.6 Å². The number of nitrogen functional groups attached to an aromatic ring is 1. The number of aromatic nitrogens is 2. The van der Waals surface area contributed by atoms with Crippen molar-refractivity contribution in [1.82, 2.24) is 9.97 Å². The Balaban J connectivity index is 2.04. The van der Waals surface area contributed by atoms with E-state index >= 15 is 0 Å². The highest BCUT2D eigenvalue weighted by Gasteiger charge is 2.24. The molecule has 1 fully saturated rings. The van der Waals surface area contributed by atoms with E-state index in [9.17, 15) is 0 Å². The summed E-state index contributed by atoms with van der Waals surface area (Å²) >= 11 is 0. The van der Waals surface area contributed by atoms with Gasteiger partial charge in [0.1, 0.15) is 18.2 Å². The standard InChI is InChI=1S/C16H28N4O/c1-4-12-6-8-13(9-7-12)20(3)16-10-14(17)18-15(19-16)11-21-5-2/h10,12-13H,4-9,11H2,1-3H3,(H2,17,18,19). The minimum absolute atomic E-state index is 0.422. The summed E-state index contributed by atoms with van der Waals surface area (Å²) in [5.41, 5.74) is 5.91. The third-order valence-electron chi connectivity index (χ3n) is 4.52. The second kappa shape index (κ2) is 7.59. The van der Waals surface area contributed by atoms with Crippen molar-refractivity contribution < 1.29 is 4.74 Å². The first-order valence-corrected chi connectivity index (χ1v) is 8.08. The van der Waals surface area contributed by atoms with Crippen LogP contribution in [0.15, 0.2) is 6.07 Å². The molecule has 0 aromatic carbocycles. The van der Waals surface area contributed by atoms with Gasteiger partial charge in [-0.2, -0.15) is 0 Å². The number of nitrogens with zero attached hydrogens (tertiary/aromatic N) is 3. The topological polar surface area (TPSA) is 64.3 Å². The molecule has 0 amide bonds. The Kier molecular flexibility index (Phi) is 5.79. The fourth-order valence-electron chi connectivity index (χ4n) is 3.07. The Labute approximate surface area is 127 Å². The minimum Gasteiger partial charge on any atom is -0.384 e. The van der Waals surface area contributed by atoms with Crippen molar-refractivity contribution in [1.29, 1.82) is 0 Å². The zero-order chi connectivity index (χ0) is 15.2. The monoisotopic (exact) mass is 292 g/mol. The van der Waals surface area contributed by atoms with Crippen molar-refractivity contribution in [2.75, 3.05) is 24.3 Å². The Morgan fingerprint density at radius 2 is 1.95 bits per heavy atom. The number of anilines is 2. The average Bonchev–Trinajstić information content (AvgIpc) is 2.51. The van der Waals surface area contributed by atoms with Crippen LogP contribution in [0, 0.1) is 5.92 Å². The Morgan fingerprint density at radius 3 is 2.57 bits per heavy atom. The van der Waals surface area contributed by atoms with Crippen LogP contribution in [0.5, 0.6) is 0 Å². The first kappa shape index (κ1) is 16.0. The molecule has 0 saturated heterocycles. The summed E-state index contributed by atoms with van der Waals surface area (Å²) in [5, 5.41) is 0. The summed E-state index contributed by atoms with van der Waals surface area (Å²) in [5.74, 6) is 3.00. The third-order valence-corrected chi connectivity index (χ3v) is 4.52. The minimum atomic E-state index is 0.422. The molecule has 0 bridgehead atoms. The van der Waals surface area contributed by atoms with Crippen LogP contribution in [0.2, 0.25) is 0 Å². The van der Waals surface area contributed by atoms with Gasteiger partial charge in [0.25, 0.3) is 0 Å². The normalized spacial score (nSPS) is 22.2. The van der Waals surface area contributed by atoms with Gasteiger partial charge in [0.05, 0.1) is 0 Å². The molecule has 1 aliphatic carbocycles. The zero-order valence-corrected chi connectivity index (χ0v) is 13.5. The van der Waals surface area contributed by atoms with Gasteiger partial charge in [-0.1, -0.05) is 13.3 Å². The first-order chi connectivity index (χ1) is 10.1. The van der Waals surface area contributed by atoms with E-state index in [1.165, 1.54) is 32.1 Å². The Hall–Kier alpha value is -1.36. The molecule has 1 saturated carbocycles. The molecule has 118 valence electrons. The maximum Gasteiger partial charge on any atom is 0.158 e. The SMILES string of the molecule is CCOCc1nc(N)cc(N(C)C2CCC(CC)CC2)n1. The van der Waals surface area contributed by atoms with E-state index in [0.29, 0.717) is 30.9 Å². The Morgan fingerprint density at radius 1 is 1.24 bits per heavy atom. The van der Waals surface area contributed by atoms with E-state index in [-0.39, 0.29) is 0 Å². The number of hydrogen-bond donors (Lipinski definition) is 1. The smallest absolute Gasteiger partial charge is 0.158 e. The van der Waals surface area contributed by atoms with Gasteiger partial charge in [0, 0.05) is 25.8 Å². The molecule has 5 heteroatoms. The van der Waals surface area contributed by atoms with Gasteiger partial charge >= 0.3 is 0 Å². The first-order valence-electron chi connectivity index (χ1n) is 8.08. The van der Waals surface area contributed by atoms with Crippen molar-refractivity contribution in [3.05, 3.63) is 11.9 Å². The van der Waals surface area contributed by atoms with Crippen LogP contribution in [0.4, 0.5) is 11.6 Å².